The number of piperidine rings is 1. The Morgan fingerprint density at radius 2 is 1.92 bits per heavy atom. The fourth-order valence-corrected chi connectivity index (χ4v) is 3.77. The molecule has 2 heterocycles. The van der Waals surface area contributed by atoms with Crippen molar-refractivity contribution in [1.82, 2.24) is 9.80 Å². The summed E-state index contributed by atoms with van der Waals surface area (Å²) in [6, 6.07) is 8.84. The molecule has 0 spiro atoms. The van der Waals surface area contributed by atoms with Crippen LogP contribution >= 0.6 is 0 Å². The van der Waals surface area contributed by atoms with Gasteiger partial charge >= 0.3 is 0 Å². The molecular weight excluding hydrogens is 304 g/mol. The maximum absolute atomic E-state index is 11.5. The number of hydrogen-bond donors (Lipinski definition) is 0. The van der Waals surface area contributed by atoms with Crippen LogP contribution in [0.1, 0.15) is 25.3 Å². The molecule has 2 fully saturated rings. The van der Waals surface area contributed by atoms with E-state index in [1.807, 2.05) is 17.0 Å². The van der Waals surface area contributed by atoms with Crippen molar-refractivity contribution in [2.75, 3.05) is 39.9 Å². The zero-order valence-electron chi connectivity index (χ0n) is 14.7. The molecule has 2 aliphatic heterocycles. The van der Waals surface area contributed by atoms with Crippen LogP contribution in [0.15, 0.2) is 24.3 Å². The van der Waals surface area contributed by atoms with Crippen LogP contribution < -0.4 is 4.74 Å². The summed E-state index contributed by atoms with van der Waals surface area (Å²) >= 11 is 0. The first kappa shape index (κ1) is 17.2. The maximum atomic E-state index is 11.5. The van der Waals surface area contributed by atoms with E-state index in [-0.39, 0.29) is 12.0 Å². The lowest BCUT2D eigenvalue weighted by Gasteiger charge is -2.42. The molecule has 1 atom stereocenters. The summed E-state index contributed by atoms with van der Waals surface area (Å²) in [5, 5.41) is 0. The van der Waals surface area contributed by atoms with Crippen LogP contribution in [-0.4, -0.2) is 67.7 Å². The molecule has 0 bridgehead atoms. The Hall–Kier alpha value is -1.59. The Balaban J connectivity index is 1.51. The van der Waals surface area contributed by atoms with Gasteiger partial charge in [0.15, 0.2) is 0 Å². The van der Waals surface area contributed by atoms with Crippen molar-refractivity contribution in [2.45, 2.75) is 38.3 Å². The fraction of sp³-hybridized carbons (Fsp3) is 0.632. The number of hydrogen-bond acceptors (Lipinski definition) is 4. The first-order valence-electron chi connectivity index (χ1n) is 8.90. The van der Waals surface area contributed by atoms with Gasteiger partial charge < -0.3 is 14.4 Å². The molecule has 5 nitrogen and oxygen atoms in total. The van der Waals surface area contributed by atoms with E-state index in [2.05, 4.69) is 17.0 Å². The molecule has 0 aliphatic carbocycles. The van der Waals surface area contributed by atoms with Gasteiger partial charge in [-0.3, -0.25) is 9.69 Å². The van der Waals surface area contributed by atoms with E-state index >= 15 is 0 Å². The van der Waals surface area contributed by atoms with Gasteiger partial charge in [0.2, 0.25) is 5.91 Å². The molecule has 2 aliphatic rings. The van der Waals surface area contributed by atoms with E-state index in [0.29, 0.717) is 6.04 Å². The second-order valence-corrected chi connectivity index (χ2v) is 6.78. The first-order valence-corrected chi connectivity index (χ1v) is 8.90. The predicted molar refractivity (Wildman–Crippen MR) is 93.3 cm³/mol. The van der Waals surface area contributed by atoms with Gasteiger partial charge in [-0.05, 0) is 37.0 Å². The zero-order valence-corrected chi connectivity index (χ0v) is 14.7. The highest BCUT2D eigenvalue weighted by Gasteiger charge is 2.29. The van der Waals surface area contributed by atoms with Gasteiger partial charge in [0, 0.05) is 39.1 Å². The summed E-state index contributed by atoms with van der Waals surface area (Å²) in [4.78, 5) is 16.0. The molecule has 0 saturated carbocycles. The number of nitrogens with zero attached hydrogens (tertiary/aromatic N) is 2. The molecule has 0 unspecified atom stereocenters. The van der Waals surface area contributed by atoms with Crippen LogP contribution in [0.25, 0.3) is 0 Å². The van der Waals surface area contributed by atoms with Crippen molar-refractivity contribution in [1.29, 1.82) is 0 Å². The summed E-state index contributed by atoms with van der Waals surface area (Å²) in [6.07, 6.45) is 3.34. The van der Waals surface area contributed by atoms with Gasteiger partial charge in [-0.2, -0.15) is 0 Å². The van der Waals surface area contributed by atoms with Crippen molar-refractivity contribution in [2.24, 2.45) is 0 Å². The molecule has 0 radical (unpaired) electrons. The van der Waals surface area contributed by atoms with E-state index in [1.54, 1.807) is 14.0 Å². The Morgan fingerprint density at radius 1 is 1.21 bits per heavy atom. The lowest BCUT2D eigenvalue weighted by Crippen LogP contribution is -2.52. The maximum Gasteiger partial charge on any atom is 0.219 e. The third-order valence-corrected chi connectivity index (χ3v) is 5.22. The number of likely N-dealkylation sites (tertiary alicyclic amines) is 1. The minimum Gasteiger partial charge on any atom is -0.497 e. The van der Waals surface area contributed by atoms with Gasteiger partial charge in [0.25, 0.3) is 0 Å². The standard InChI is InChI=1S/C19H28N2O3/c1-15(22)20-9-7-17(8-10-20)21-11-12-24-19(14-21)13-16-3-5-18(23-2)6-4-16/h3-6,17,19H,7-14H2,1-2H3/t19-/m0/s1. The average molecular weight is 332 g/mol. The van der Waals surface area contributed by atoms with Gasteiger partial charge in [-0.15, -0.1) is 0 Å². The monoisotopic (exact) mass is 332 g/mol. The minimum atomic E-state index is 0.202. The number of amides is 1. The molecular formula is C19H28N2O3. The van der Waals surface area contributed by atoms with Crippen LogP contribution in [0.4, 0.5) is 0 Å². The molecule has 132 valence electrons. The second-order valence-electron chi connectivity index (χ2n) is 6.78. The van der Waals surface area contributed by atoms with Crippen LogP contribution in [0, 0.1) is 0 Å². The number of methoxy groups -OCH3 is 1. The SMILES string of the molecule is COc1ccc(C[C@H]2CN(C3CCN(C(C)=O)CC3)CCO2)cc1. The third-order valence-electron chi connectivity index (χ3n) is 5.22. The molecule has 24 heavy (non-hydrogen) atoms. The van der Waals surface area contributed by atoms with Crippen LogP contribution in [0.5, 0.6) is 5.75 Å². The number of benzene rings is 1. The van der Waals surface area contributed by atoms with E-state index < -0.39 is 0 Å². The van der Waals surface area contributed by atoms with E-state index in [9.17, 15) is 4.79 Å². The van der Waals surface area contributed by atoms with Gasteiger partial charge in [0.05, 0.1) is 19.8 Å². The average Bonchev–Trinajstić information content (AvgIpc) is 2.63. The molecule has 0 aromatic heterocycles. The van der Waals surface area contributed by atoms with E-state index in [1.165, 1.54) is 5.56 Å². The van der Waals surface area contributed by atoms with Crippen molar-refractivity contribution in [3.8, 4) is 5.75 Å². The Morgan fingerprint density at radius 3 is 2.54 bits per heavy atom. The highest BCUT2D eigenvalue weighted by atomic mass is 16.5. The molecule has 1 aromatic rings. The summed E-state index contributed by atoms with van der Waals surface area (Å²) in [5.41, 5.74) is 1.29. The molecule has 0 N–H and O–H groups in total. The zero-order chi connectivity index (χ0) is 16.9. The minimum absolute atomic E-state index is 0.202. The van der Waals surface area contributed by atoms with Gasteiger partial charge in [-0.25, -0.2) is 0 Å². The Bertz CT molecular complexity index is 538. The van der Waals surface area contributed by atoms with E-state index in [4.69, 9.17) is 9.47 Å². The number of carbonyl (C=O) groups excluding carboxylic acids is 1. The molecule has 1 amide bonds. The number of rotatable bonds is 4. The molecule has 2 saturated heterocycles. The lowest BCUT2D eigenvalue weighted by molar-refractivity contribution is -0.131. The van der Waals surface area contributed by atoms with Crippen molar-refractivity contribution < 1.29 is 14.3 Å². The van der Waals surface area contributed by atoms with Crippen molar-refractivity contribution in [3.05, 3.63) is 29.8 Å². The summed E-state index contributed by atoms with van der Waals surface area (Å²) in [7, 11) is 1.69. The van der Waals surface area contributed by atoms with E-state index in [0.717, 1.165) is 57.8 Å². The number of ether oxygens (including phenoxy) is 2. The van der Waals surface area contributed by atoms with Crippen molar-refractivity contribution >= 4 is 5.91 Å². The molecule has 5 heteroatoms. The highest BCUT2D eigenvalue weighted by molar-refractivity contribution is 5.73. The summed E-state index contributed by atoms with van der Waals surface area (Å²) < 4.78 is 11.2. The smallest absolute Gasteiger partial charge is 0.219 e. The van der Waals surface area contributed by atoms with Crippen LogP contribution in [0.3, 0.4) is 0 Å². The Kier molecular flexibility index (Phi) is 5.74. The van der Waals surface area contributed by atoms with Crippen LogP contribution in [0.2, 0.25) is 0 Å². The largest absolute Gasteiger partial charge is 0.497 e. The first-order chi connectivity index (χ1) is 11.7. The summed E-state index contributed by atoms with van der Waals surface area (Å²) in [5.74, 6) is 1.09. The second kappa shape index (κ2) is 7.99. The van der Waals surface area contributed by atoms with Crippen molar-refractivity contribution in [3.63, 3.8) is 0 Å². The topological polar surface area (TPSA) is 42.0 Å². The predicted octanol–water partition coefficient (Wildman–Crippen LogP) is 1.95. The quantitative estimate of drug-likeness (QED) is 0.845. The normalized spacial score (nSPS) is 23.2. The summed E-state index contributed by atoms with van der Waals surface area (Å²) in [6.45, 7) is 6.23. The number of carbonyl (C=O) groups is 1. The Labute approximate surface area is 144 Å². The molecule has 1 aromatic carbocycles. The number of morpholine rings is 1. The third kappa shape index (κ3) is 4.28. The lowest BCUT2D eigenvalue weighted by atomic mass is 10.0. The molecule has 3 rings (SSSR count). The van der Waals surface area contributed by atoms with Gasteiger partial charge in [0.1, 0.15) is 5.75 Å². The highest BCUT2D eigenvalue weighted by Crippen LogP contribution is 2.21. The van der Waals surface area contributed by atoms with Crippen LogP contribution in [-0.2, 0) is 16.0 Å². The van der Waals surface area contributed by atoms with Gasteiger partial charge in [-0.1, -0.05) is 12.1 Å². The fourth-order valence-electron chi connectivity index (χ4n) is 3.77.